The van der Waals surface area contributed by atoms with E-state index in [1.54, 1.807) is 6.20 Å². The molecular weight excluding hydrogens is 388 g/mol. The minimum absolute atomic E-state index is 0.121. The van der Waals surface area contributed by atoms with Gasteiger partial charge in [0.05, 0.1) is 12.5 Å². The number of aromatic nitrogens is 1. The van der Waals surface area contributed by atoms with Crippen LogP contribution in [0.2, 0.25) is 0 Å². The zero-order valence-electron chi connectivity index (χ0n) is 18.6. The lowest BCUT2D eigenvalue weighted by molar-refractivity contribution is -0.122. The third-order valence-corrected chi connectivity index (χ3v) is 5.69. The van der Waals surface area contributed by atoms with E-state index < -0.39 is 0 Å². The van der Waals surface area contributed by atoms with Crippen LogP contribution in [0.25, 0.3) is 0 Å². The van der Waals surface area contributed by atoms with Crippen LogP contribution >= 0.6 is 0 Å². The third kappa shape index (κ3) is 6.20. The van der Waals surface area contributed by atoms with Gasteiger partial charge in [0, 0.05) is 37.9 Å². The fraction of sp³-hybridized carbons (Fsp3) is 0.458. The molecule has 1 aromatic carbocycles. The summed E-state index contributed by atoms with van der Waals surface area (Å²) < 4.78 is 0. The number of aryl methyl sites for hydroxylation is 1. The summed E-state index contributed by atoms with van der Waals surface area (Å²) in [6.45, 7) is 7.75. The Morgan fingerprint density at radius 3 is 2.68 bits per heavy atom. The van der Waals surface area contributed by atoms with Gasteiger partial charge in [0.15, 0.2) is 5.96 Å². The second-order valence-corrected chi connectivity index (χ2v) is 7.84. The Labute approximate surface area is 185 Å². The minimum Gasteiger partial charge on any atom is -0.369 e. The second kappa shape index (κ2) is 11.3. The molecule has 0 aliphatic carbocycles. The maximum absolute atomic E-state index is 11.7. The van der Waals surface area contributed by atoms with Gasteiger partial charge in [0.25, 0.3) is 0 Å². The zero-order valence-corrected chi connectivity index (χ0v) is 18.6. The van der Waals surface area contributed by atoms with Crippen LogP contribution in [-0.2, 0) is 24.3 Å². The van der Waals surface area contributed by atoms with Gasteiger partial charge in [0.2, 0.25) is 5.91 Å². The summed E-state index contributed by atoms with van der Waals surface area (Å²) in [5.41, 5.74) is 9.22. The second-order valence-electron chi connectivity index (χ2n) is 7.84. The average molecular weight is 423 g/mol. The van der Waals surface area contributed by atoms with E-state index in [9.17, 15) is 4.79 Å². The summed E-state index contributed by atoms with van der Waals surface area (Å²) in [6.07, 6.45) is 4.59. The van der Waals surface area contributed by atoms with E-state index in [4.69, 9.17) is 10.7 Å². The molecule has 1 aliphatic rings. The molecule has 0 bridgehead atoms. The fourth-order valence-electron chi connectivity index (χ4n) is 4.00. The number of carbonyl (C=O) groups excluding carboxylic acids is 1. The molecule has 1 aromatic heterocycles. The molecule has 7 nitrogen and oxygen atoms in total. The maximum Gasteiger partial charge on any atom is 0.222 e. The van der Waals surface area contributed by atoms with Crippen LogP contribution in [0, 0.1) is 5.92 Å². The summed E-state index contributed by atoms with van der Waals surface area (Å²) in [5.74, 6) is 1.32. The first-order valence-electron chi connectivity index (χ1n) is 11.2. The number of rotatable bonds is 8. The molecule has 4 N–H and O–H groups in total. The van der Waals surface area contributed by atoms with Gasteiger partial charge in [-0.2, -0.15) is 0 Å². The number of hydrogen-bond acceptors (Lipinski definition) is 4. The zero-order chi connectivity index (χ0) is 22.1. The monoisotopic (exact) mass is 422 g/mol. The number of nitrogens with zero attached hydrogens (tertiary/aromatic N) is 3. The predicted octanol–water partition coefficient (Wildman–Crippen LogP) is 2.60. The molecule has 3 rings (SSSR count). The molecule has 1 aliphatic heterocycles. The van der Waals surface area contributed by atoms with E-state index in [0.29, 0.717) is 13.1 Å². The normalized spacial score (nSPS) is 16.8. The van der Waals surface area contributed by atoms with Crippen molar-refractivity contribution in [2.24, 2.45) is 16.6 Å². The number of pyridine rings is 1. The Hall–Kier alpha value is -3.09. The van der Waals surface area contributed by atoms with Gasteiger partial charge in [-0.15, -0.1) is 0 Å². The third-order valence-electron chi connectivity index (χ3n) is 5.69. The highest BCUT2D eigenvalue weighted by atomic mass is 16.1. The molecule has 7 heteroatoms. The molecule has 1 atom stereocenters. The number of anilines is 1. The molecule has 166 valence electrons. The Bertz CT molecular complexity index is 897. The highest BCUT2D eigenvalue weighted by molar-refractivity contribution is 5.80. The molecule has 0 radical (unpaired) electrons. The van der Waals surface area contributed by atoms with Gasteiger partial charge in [-0.3, -0.25) is 4.79 Å². The topological polar surface area (TPSA) is 95.6 Å². The molecule has 1 unspecified atom stereocenters. The van der Waals surface area contributed by atoms with Crippen LogP contribution in [0.15, 0.2) is 47.6 Å². The van der Waals surface area contributed by atoms with Gasteiger partial charge in [-0.25, -0.2) is 9.98 Å². The molecule has 31 heavy (non-hydrogen) atoms. The number of primary amides is 1. The minimum atomic E-state index is -0.230. The molecule has 2 heterocycles. The Balaban J connectivity index is 1.71. The van der Waals surface area contributed by atoms with E-state index in [0.717, 1.165) is 56.2 Å². The molecule has 1 fully saturated rings. The van der Waals surface area contributed by atoms with Crippen molar-refractivity contribution in [1.82, 2.24) is 15.6 Å². The van der Waals surface area contributed by atoms with Crippen molar-refractivity contribution in [3.8, 4) is 0 Å². The molecule has 2 aromatic rings. The molecule has 0 spiro atoms. The highest BCUT2D eigenvalue weighted by Crippen LogP contribution is 2.25. The van der Waals surface area contributed by atoms with Gasteiger partial charge >= 0.3 is 0 Å². The summed E-state index contributed by atoms with van der Waals surface area (Å²) in [7, 11) is 0. The van der Waals surface area contributed by atoms with Crippen molar-refractivity contribution in [3.05, 3.63) is 59.3 Å². The lowest BCUT2D eigenvalue weighted by atomic mass is 9.97. The van der Waals surface area contributed by atoms with Crippen molar-refractivity contribution in [1.29, 1.82) is 0 Å². The number of aliphatic imine (C=N–C) groups is 1. The van der Waals surface area contributed by atoms with E-state index in [1.165, 1.54) is 11.1 Å². The van der Waals surface area contributed by atoms with Crippen LogP contribution in [0.4, 0.5) is 5.82 Å². The number of nitrogens with two attached hydrogens (primary N) is 1. The number of amides is 1. The first-order chi connectivity index (χ1) is 15.1. The van der Waals surface area contributed by atoms with Crippen LogP contribution < -0.4 is 21.3 Å². The van der Waals surface area contributed by atoms with Crippen molar-refractivity contribution in [2.45, 2.75) is 46.2 Å². The van der Waals surface area contributed by atoms with E-state index in [2.05, 4.69) is 64.7 Å². The van der Waals surface area contributed by atoms with Crippen molar-refractivity contribution >= 4 is 17.7 Å². The smallest absolute Gasteiger partial charge is 0.222 e. The van der Waals surface area contributed by atoms with E-state index in [-0.39, 0.29) is 11.8 Å². The van der Waals surface area contributed by atoms with Crippen LogP contribution in [0.5, 0.6) is 0 Å². The SMILES string of the molecule is CCNC(=NCc1cccnc1N1CCCC(C(N)=O)C1)NCc1ccccc1CC. The summed E-state index contributed by atoms with van der Waals surface area (Å²) in [6, 6.07) is 12.5. The Morgan fingerprint density at radius 1 is 1.16 bits per heavy atom. The number of carbonyl (C=O) groups is 1. The number of hydrogen-bond donors (Lipinski definition) is 3. The van der Waals surface area contributed by atoms with Gasteiger partial charge in [0.1, 0.15) is 5.82 Å². The summed E-state index contributed by atoms with van der Waals surface area (Å²) in [4.78, 5) is 23.2. The fourth-order valence-corrected chi connectivity index (χ4v) is 4.00. The van der Waals surface area contributed by atoms with Crippen molar-refractivity contribution in [2.75, 3.05) is 24.5 Å². The van der Waals surface area contributed by atoms with Crippen molar-refractivity contribution in [3.63, 3.8) is 0 Å². The summed E-state index contributed by atoms with van der Waals surface area (Å²) >= 11 is 0. The standard InChI is InChI=1S/C24H34N6O/c1-3-18-9-5-6-10-19(18)15-28-24(26-4-2)29-16-20-11-7-13-27-23(20)30-14-8-12-21(17-30)22(25)31/h5-7,9-11,13,21H,3-4,8,12,14-17H2,1-2H3,(H2,25,31)(H2,26,28,29). The van der Waals surface area contributed by atoms with Gasteiger partial charge in [-0.05, 0) is 43.4 Å². The van der Waals surface area contributed by atoms with Crippen LogP contribution in [-0.4, -0.2) is 36.5 Å². The predicted molar refractivity (Wildman–Crippen MR) is 126 cm³/mol. The van der Waals surface area contributed by atoms with Crippen LogP contribution in [0.3, 0.4) is 0 Å². The largest absolute Gasteiger partial charge is 0.369 e. The molecular formula is C24H34N6O. The quantitative estimate of drug-likeness (QED) is 0.449. The first kappa shape index (κ1) is 22.6. The molecule has 0 saturated carbocycles. The van der Waals surface area contributed by atoms with Gasteiger partial charge < -0.3 is 21.3 Å². The summed E-state index contributed by atoms with van der Waals surface area (Å²) in [5, 5.41) is 6.77. The first-order valence-corrected chi connectivity index (χ1v) is 11.2. The highest BCUT2D eigenvalue weighted by Gasteiger charge is 2.25. The number of piperidine rings is 1. The van der Waals surface area contributed by atoms with E-state index in [1.807, 2.05) is 6.07 Å². The van der Waals surface area contributed by atoms with Gasteiger partial charge in [-0.1, -0.05) is 37.3 Å². The number of guanidine groups is 1. The lowest BCUT2D eigenvalue weighted by Gasteiger charge is -2.33. The Morgan fingerprint density at radius 2 is 1.94 bits per heavy atom. The van der Waals surface area contributed by atoms with Crippen LogP contribution in [0.1, 0.15) is 43.4 Å². The van der Waals surface area contributed by atoms with E-state index >= 15 is 0 Å². The molecule has 1 amide bonds. The maximum atomic E-state index is 11.7. The van der Waals surface area contributed by atoms with Crippen molar-refractivity contribution < 1.29 is 4.79 Å². The lowest BCUT2D eigenvalue weighted by Crippen LogP contribution is -2.42. The Kier molecular flexibility index (Phi) is 8.27. The number of benzene rings is 1. The molecule has 1 saturated heterocycles. The number of nitrogens with one attached hydrogen (secondary N) is 2. The average Bonchev–Trinajstić information content (AvgIpc) is 2.81.